The number of rotatable bonds is 6. The first-order chi connectivity index (χ1) is 17.0. The van der Waals surface area contributed by atoms with E-state index < -0.39 is 17.7 Å². The number of methoxy groups -OCH3 is 2. The van der Waals surface area contributed by atoms with E-state index in [1.807, 2.05) is 0 Å². The van der Waals surface area contributed by atoms with E-state index in [4.69, 9.17) is 23.4 Å². The molecule has 2 aromatic carbocycles. The van der Waals surface area contributed by atoms with Gasteiger partial charge in [0.05, 0.1) is 38.6 Å². The van der Waals surface area contributed by atoms with Crippen LogP contribution in [0.25, 0.3) is 5.76 Å². The highest BCUT2D eigenvalue weighted by Gasteiger charge is 2.47. The van der Waals surface area contributed by atoms with Crippen LogP contribution in [-0.4, -0.2) is 49.1 Å². The van der Waals surface area contributed by atoms with Crippen LogP contribution in [0, 0.1) is 0 Å². The van der Waals surface area contributed by atoms with Crippen molar-refractivity contribution in [2.75, 3.05) is 27.4 Å². The molecule has 2 aliphatic heterocycles. The van der Waals surface area contributed by atoms with Gasteiger partial charge in [0, 0.05) is 17.2 Å². The Hall–Kier alpha value is -4.40. The molecule has 1 atom stereocenters. The molecule has 0 radical (unpaired) electrons. The van der Waals surface area contributed by atoms with Gasteiger partial charge in [-0.3, -0.25) is 9.59 Å². The van der Waals surface area contributed by atoms with Gasteiger partial charge in [0.25, 0.3) is 11.7 Å². The van der Waals surface area contributed by atoms with E-state index in [9.17, 15) is 14.7 Å². The first kappa shape index (κ1) is 22.4. The van der Waals surface area contributed by atoms with Crippen molar-refractivity contribution in [2.45, 2.75) is 12.6 Å². The summed E-state index contributed by atoms with van der Waals surface area (Å²) in [5.41, 5.74) is 0.766. The Morgan fingerprint density at radius 2 is 1.83 bits per heavy atom. The number of ether oxygens (including phenoxy) is 4. The molecule has 1 N–H and O–H groups in total. The molecule has 1 aromatic heterocycles. The summed E-state index contributed by atoms with van der Waals surface area (Å²) in [5.74, 6) is 0.515. The van der Waals surface area contributed by atoms with E-state index in [1.165, 1.54) is 25.4 Å². The molecule has 3 heterocycles. The predicted molar refractivity (Wildman–Crippen MR) is 124 cm³/mol. The molecular formula is C26H23NO8. The van der Waals surface area contributed by atoms with Gasteiger partial charge in [-0.2, -0.15) is 0 Å². The fourth-order valence-corrected chi connectivity index (χ4v) is 4.33. The summed E-state index contributed by atoms with van der Waals surface area (Å²) < 4.78 is 27.5. The molecule has 1 saturated heterocycles. The van der Waals surface area contributed by atoms with Gasteiger partial charge < -0.3 is 33.4 Å². The van der Waals surface area contributed by atoms with Gasteiger partial charge in [-0.05, 0) is 42.5 Å². The number of benzene rings is 2. The predicted octanol–water partition coefficient (Wildman–Crippen LogP) is 3.69. The third-order valence-corrected chi connectivity index (χ3v) is 6.00. The highest BCUT2D eigenvalue weighted by molar-refractivity contribution is 6.46. The Morgan fingerprint density at radius 1 is 1.03 bits per heavy atom. The third-order valence-electron chi connectivity index (χ3n) is 6.00. The number of nitrogens with zero attached hydrogens (tertiary/aromatic N) is 1. The summed E-state index contributed by atoms with van der Waals surface area (Å²) in [7, 11) is 3.01. The fourth-order valence-electron chi connectivity index (χ4n) is 4.33. The molecule has 1 unspecified atom stereocenters. The van der Waals surface area contributed by atoms with E-state index in [0.717, 1.165) is 0 Å². The normalized spacial score (nSPS) is 18.6. The van der Waals surface area contributed by atoms with Crippen molar-refractivity contribution in [1.29, 1.82) is 0 Å². The average Bonchev–Trinajstić information content (AvgIpc) is 3.50. The number of ketones is 1. The van der Waals surface area contributed by atoms with E-state index >= 15 is 0 Å². The second-order valence-electron chi connectivity index (χ2n) is 7.97. The number of hydrogen-bond acceptors (Lipinski definition) is 8. The Bertz CT molecular complexity index is 1310. The van der Waals surface area contributed by atoms with Crippen LogP contribution in [-0.2, 0) is 16.1 Å². The number of likely N-dealkylation sites (tertiary alicyclic amines) is 1. The topological polar surface area (TPSA) is 108 Å². The lowest BCUT2D eigenvalue weighted by Crippen LogP contribution is -2.29. The van der Waals surface area contributed by atoms with Crippen molar-refractivity contribution in [3.8, 4) is 23.0 Å². The summed E-state index contributed by atoms with van der Waals surface area (Å²) in [6, 6.07) is 12.4. The molecule has 0 bridgehead atoms. The summed E-state index contributed by atoms with van der Waals surface area (Å²) in [4.78, 5) is 27.8. The molecule has 3 aromatic rings. The maximum Gasteiger partial charge on any atom is 0.296 e. The summed E-state index contributed by atoms with van der Waals surface area (Å²) >= 11 is 0. The van der Waals surface area contributed by atoms with Crippen LogP contribution in [0.15, 0.2) is 64.8 Å². The number of carbonyl (C=O) groups excluding carboxylic acids is 2. The Kier molecular flexibility index (Phi) is 5.82. The lowest BCUT2D eigenvalue weighted by atomic mass is 9.94. The molecule has 5 rings (SSSR count). The fraction of sp³-hybridized carbons (Fsp3) is 0.231. The molecule has 2 aliphatic rings. The summed E-state index contributed by atoms with van der Waals surface area (Å²) in [5, 5.41) is 11.3. The van der Waals surface area contributed by atoms with Crippen LogP contribution >= 0.6 is 0 Å². The zero-order valence-electron chi connectivity index (χ0n) is 19.1. The van der Waals surface area contributed by atoms with Crippen molar-refractivity contribution in [3.63, 3.8) is 0 Å². The Morgan fingerprint density at radius 3 is 2.54 bits per heavy atom. The largest absolute Gasteiger partial charge is 0.507 e. The van der Waals surface area contributed by atoms with Crippen molar-refractivity contribution in [1.82, 2.24) is 4.90 Å². The molecule has 1 fully saturated rings. The van der Waals surface area contributed by atoms with Crippen LogP contribution in [0.1, 0.15) is 22.9 Å². The maximum atomic E-state index is 13.3. The van der Waals surface area contributed by atoms with Crippen molar-refractivity contribution < 1.29 is 38.1 Å². The number of Topliss-reactive ketones (excluding diaryl/α,β-unsaturated/α-hetero) is 1. The van der Waals surface area contributed by atoms with Crippen molar-refractivity contribution in [3.05, 3.63) is 77.3 Å². The lowest BCUT2D eigenvalue weighted by molar-refractivity contribution is -0.140. The first-order valence-electron chi connectivity index (χ1n) is 10.9. The van der Waals surface area contributed by atoms with Crippen LogP contribution in [0.3, 0.4) is 0 Å². The zero-order valence-corrected chi connectivity index (χ0v) is 19.1. The van der Waals surface area contributed by atoms with E-state index in [1.54, 1.807) is 48.5 Å². The highest BCUT2D eigenvalue weighted by atomic mass is 16.6. The van der Waals surface area contributed by atoms with Crippen molar-refractivity contribution >= 4 is 17.4 Å². The minimum absolute atomic E-state index is 0.0232. The summed E-state index contributed by atoms with van der Waals surface area (Å²) in [6.45, 7) is 0.816. The Labute approximate surface area is 201 Å². The molecule has 35 heavy (non-hydrogen) atoms. The molecule has 9 nitrogen and oxygen atoms in total. The van der Waals surface area contributed by atoms with Crippen LogP contribution in [0.2, 0.25) is 0 Å². The number of aliphatic hydroxyl groups excluding tert-OH is 1. The molecule has 180 valence electrons. The van der Waals surface area contributed by atoms with Gasteiger partial charge in [-0.1, -0.05) is 0 Å². The molecule has 1 amide bonds. The quantitative estimate of drug-likeness (QED) is 0.325. The van der Waals surface area contributed by atoms with E-state index in [-0.39, 0.29) is 17.9 Å². The maximum absolute atomic E-state index is 13.3. The standard InChI is InChI=1S/C26H23NO8/c1-31-16-6-7-18(20(13-16)32-2)23-22(25(29)26(30)27(23)14-17-4-3-9-33-17)24(28)15-5-8-19-21(12-15)35-11-10-34-19/h3-9,12-13,23,28H,10-11,14H2,1-2H3. The molecule has 9 heteroatoms. The minimum atomic E-state index is -0.936. The Balaban J connectivity index is 1.67. The number of amides is 1. The highest BCUT2D eigenvalue weighted by Crippen LogP contribution is 2.45. The van der Waals surface area contributed by atoms with Crippen LogP contribution in [0.4, 0.5) is 0 Å². The van der Waals surface area contributed by atoms with Gasteiger partial charge in [0.1, 0.15) is 36.2 Å². The monoisotopic (exact) mass is 477 g/mol. The van der Waals surface area contributed by atoms with Gasteiger partial charge in [-0.25, -0.2) is 0 Å². The number of hydrogen-bond donors (Lipinski definition) is 1. The number of fused-ring (bicyclic) bond motifs is 1. The first-order valence-corrected chi connectivity index (χ1v) is 10.9. The van der Waals surface area contributed by atoms with Gasteiger partial charge in [-0.15, -0.1) is 0 Å². The number of aliphatic hydroxyl groups is 1. The van der Waals surface area contributed by atoms with E-state index in [0.29, 0.717) is 53.1 Å². The second kappa shape index (κ2) is 9.09. The number of carbonyl (C=O) groups is 2. The van der Waals surface area contributed by atoms with Gasteiger partial charge in [0.15, 0.2) is 11.5 Å². The molecular weight excluding hydrogens is 454 g/mol. The smallest absolute Gasteiger partial charge is 0.296 e. The van der Waals surface area contributed by atoms with E-state index in [2.05, 4.69) is 0 Å². The minimum Gasteiger partial charge on any atom is -0.507 e. The van der Waals surface area contributed by atoms with Crippen LogP contribution < -0.4 is 18.9 Å². The third kappa shape index (κ3) is 3.95. The van der Waals surface area contributed by atoms with Gasteiger partial charge >= 0.3 is 0 Å². The molecule has 0 spiro atoms. The summed E-state index contributed by atoms with van der Waals surface area (Å²) in [6.07, 6.45) is 1.49. The van der Waals surface area contributed by atoms with Gasteiger partial charge in [0.2, 0.25) is 0 Å². The zero-order chi connectivity index (χ0) is 24.5. The molecule has 0 aliphatic carbocycles. The molecule has 0 saturated carbocycles. The lowest BCUT2D eigenvalue weighted by Gasteiger charge is -2.26. The average molecular weight is 477 g/mol. The van der Waals surface area contributed by atoms with Crippen LogP contribution in [0.5, 0.6) is 23.0 Å². The SMILES string of the molecule is COc1ccc(C2C(=C(O)c3ccc4c(c3)OCCO4)C(=O)C(=O)N2Cc2ccco2)c(OC)c1. The van der Waals surface area contributed by atoms with Crippen molar-refractivity contribution in [2.24, 2.45) is 0 Å². The number of furan rings is 1. The second-order valence-corrected chi connectivity index (χ2v) is 7.97.